The molecule has 14 heavy (non-hydrogen) atoms. The molecule has 0 aromatic rings. The third-order valence-corrected chi connectivity index (χ3v) is 2.88. The van der Waals surface area contributed by atoms with Crippen LogP contribution >= 0.6 is 0 Å². The summed E-state index contributed by atoms with van der Waals surface area (Å²) in [5.41, 5.74) is 0.911. The number of fused-ring (bicyclic) bond motifs is 1. The van der Waals surface area contributed by atoms with Gasteiger partial charge in [-0.2, -0.15) is 0 Å². The molecular formula is C10H14O4. The molecule has 0 bridgehead atoms. The average molecular weight is 198 g/mol. The van der Waals surface area contributed by atoms with Crippen molar-refractivity contribution >= 4 is 6.47 Å². The third-order valence-electron chi connectivity index (χ3n) is 2.88. The molecule has 2 rings (SSSR count). The quantitative estimate of drug-likeness (QED) is 0.487. The van der Waals surface area contributed by atoms with Gasteiger partial charge in [0.2, 0.25) is 0 Å². The van der Waals surface area contributed by atoms with Gasteiger partial charge in [0.25, 0.3) is 6.47 Å². The Hall–Kier alpha value is -0.870. The Morgan fingerprint density at radius 2 is 2.43 bits per heavy atom. The van der Waals surface area contributed by atoms with E-state index in [-0.39, 0.29) is 24.4 Å². The Labute approximate surface area is 82.8 Å². The van der Waals surface area contributed by atoms with E-state index in [1.807, 2.05) is 6.92 Å². The summed E-state index contributed by atoms with van der Waals surface area (Å²) >= 11 is 0. The lowest BCUT2D eigenvalue weighted by Crippen LogP contribution is -2.35. The normalized spacial score (nSPS) is 41.9. The molecule has 0 amide bonds. The lowest BCUT2D eigenvalue weighted by atomic mass is 10.0. The van der Waals surface area contributed by atoms with E-state index < -0.39 is 0 Å². The second kappa shape index (κ2) is 3.71. The van der Waals surface area contributed by atoms with Gasteiger partial charge in [0.1, 0.15) is 6.10 Å². The summed E-state index contributed by atoms with van der Waals surface area (Å²) in [6, 6.07) is 0. The van der Waals surface area contributed by atoms with Gasteiger partial charge in [-0.3, -0.25) is 4.79 Å². The molecule has 2 aliphatic rings. The monoisotopic (exact) mass is 198 g/mol. The number of hydrogen-bond acceptors (Lipinski definition) is 4. The molecule has 0 radical (unpaired) electrons. The maximum absolute atomic E-state index is 10.2. The smallest absolute Gasteiger partial charge is 0.293 e. The minimum Gasteiger partial charge on any atom is -0.460 e. The Kier molecular flexibility index (Phi) is 2.56. The molecule has 1 heterocycles. The van der Waals surface area contributed by atoms with Crippen LogP contribution in [0.5, 0.6) is 0 Å². The van der Waals surface area contributed by atoms with Crippen LogP contribution in [0.2, 0.25) is 0 Å². The van der Waals surface area contributed by atoms with E-state index in [4.69, 9.17) is 14.2 Å². The topological polar surface area (TPSA) is 44.8 Å². The predicted molar refractivity (Wildman–Crippen MR) is 48.5 cm³/mol. The summed E-state index contributed by atoms with van der Waals surface area (Å²) in [4.78, 5) is 10.2. The Morgan fingerprint density at radius 3 is 3.14 bits per heavy atom. The van der Waals surface area contributed by atoms with E-state index in [2.05, 4.69) is 6.58 Å². The Morgan fingerprint density at radius 1 is 1.64 bits per heavy atom. The average Bonchev–Trinajstić information content (AvgIpc) is 2.44. The highest BCUT2D eigenvalue weighted by molar-refractivity contribution is 5.39. The fourth-order valence-electron chi connectivity index (χ4n) is 2.10. The van der Waals surface area contributed by atoms with Crippen molar-refractivity contribution in [2.45, 2.75) is 31.8 Å². The van der Waals surface area contributed by atoms with Crippen molar-refractivity contribution in [3.05, 3.63) is 12.2 Å². The first kappa shape index (κ1) is 9.68. The second-order valence-corrected chi connectivity index (χ2v) is 3.71. The number of hydrogen-bond donors (Lipinski definition) is 0. The van der Waals surface area contributed by atoms with Crippen molar-refractivity contribution in [1.82, 2.24) is 0 Å². The van der Waals surface area contributed by atoms with Gasteiger partial charge in [-0.05, 0) is 12.5 Å². The van der Waals surface area contributed by atoms with Crippen molar-refractivity contribution in [3.8, 4) is 0 Å². The molecule has 0 unspecified atom stereocenters. The van der Waals surface area contributed by atoms with Gasteiger partial charge < -0.3 is 14.2 Å². The standard InChI is InChI=1S/C10H14O4/c1-6-8-4-12-7(2)14-10(8)3-9(6)13-5-11/h5,7-10H,1,3-4H2,2H3/t7-,8+,9+,10+/m1/s1. The van der Waals surface area contributed by atoms with Crippen LogP contribution in [0.4, 0.5) is 0 Å². The van der Waals surface area contributed by atoms with Crippen LogP contribution in [0.25, 0.3) is 0 Å². The maximum Gasteiger partial charge on any atom is 0.293 e. The van der Waals surface area contributed by atoms with Gasteiger partial charge in [-0.1, -0.05) is 6.58 Å². The summed E-state index contributed by atoms with van der Waals surface area (Å²) < 4.78 is 15.9. The minimum absolute atomic E-state index is 0.0937. The summed E-state index contributed by atoms with van der Waals surface area (Å²) in [6.07, 6.45) is 0.433. The lowest BCUT2D eigenvalue weighted by Gasteiger charge is -2.30. The number of ether oxygens (including phenoxy) is 3. The van der Waals surface area contributed by atoms with E-state index in [1.54, 1.807) is 0 Å². The summed E-state index contributed by atoms with van der Waals surface area (Å²) in [7, 11) is 0. The van der Waals surface area contributed by atoms with Crippen LogP contribution in [0.15, 0.2) is 12.2 Å². The van der Waals surface area contributed by atoms with Crippen LogP contribution in [-0.2, 0) is 19.0 Å². The fourth-order valence-corrected chi connectivity index (χ4v) is 2.10. The van der Waals surface area contributed by atoms with E-state index in [9.17, 15) is 4.79 Å². The third kappa shape index (κ3) is 1.55. The number of carbonyl (C=O) groups excluding carboxylic acids is 1. The molecule has 2 fully saturated rings. The molecule has 4 nitrogen and oxygen atoms in total. The Balaban J connectivity index is 2.04. The zero-order chi connectivity index (χ0) is 10.1. The molecule has 78 valence electrons. The molecular weight excluding hydrogens is 184 g/mol. The zero-order valence-corrected chi connectivity index (χ0v) is 8.14. The van der Waals surface area contributed by atoms with Crippen LogP contribution in [0.3, 0.4) is 0 Å². The van der Waals surface area contributed by atoms with Crippen molar-refractivity contribution < 1.29 is 19.0 Å². The molecule has 0 aromatic carbocycles. The maximum atomic E-state index is 10.2. The van der Waals surface area contributed by atoms with E-state index >= 15 is 0 Å². The van der Waals surface area contributed by atoms with Crippen molar-refractivity contribution in [1.29, 1.82) is 0 Å². The molecule has 1 aliphatic heterocycles. The summed E-state index contributed by atoms with van der Waals surface area (Å²) in [5.74, 6) is 0.177. The van der Waals surface area contributed by atoms with Gasteiger partial charge in [0, 0.05) is 12.3 Å². The molecule has 1 saturated carbocycles. The van der Waals surface area contributed by atoms with E-state index in [0.717, 1.165) is 5.57 Å². The van der Waals surface area contributed by atoms with Crippen molar-refractivity contribution in [2.24, 2.45) is 5.92 Å². The molecule has 4 heteroatoms. The van der Waals surface area contributed by atoms with Crippen molar-refractivity contribution in [3.63, 3.8) is 0 Å². The molecule has 0 spiro atoms. The van der Waals surface area contributed by atoms with Gasteiger partial charge in [-0.25, -0.2) is 0 Å². The highest BCUT2D eigenvalue weighted by atomic mass is 16.7. The number of carbonyl (C=O) groups is 1. The SMILES string of the molecule is C=C1[C@@H](OC=O)C[C@@H]2O[C@H](C)OC[C@@H]12. The molecule has 0 aromatic heterocycles. The van der Waals surface area contributed by atoms with Crippen LogP contribution in [0, 0.1) is 5.92 Å². The predicted octanol–water partition coefficient (Wildman–Crippen LogP) is 0.865. The van der Waals surface area contributed by atoms with E-state index in [1.165, 1.54) is 0 Å². The van der Waals surface area contributed by atoms with Gasteiger partial charge in [-0.15, -0.1) is 0 Å². The van der Waals surface area contributed by atoms with Crippen molar-refractivity contribution in [2.75, 3.05) is 6.61 Å². The molecule has 1 saturated heterocycles. The zero-order valence-electron chi connectivity index (χ0n) is 8.14. The lowest BCUT2D eigenvalue weighted by molar-refractivity contribution is -0.215. The molecule has 4 atom stereocenters. The second-order valence-electron chi connectivity index (χ2n) is 3.71. The van der Waals surface area contributed by atoms with Crippen LogP contribution in [0.1, 0.15) is 13.3 Å². The Bertz CT molecular complexity index is 251. The first-order chi connectivity index (χ1) is 6.72. The van der Waals surface area contributed by atoms with Gasteiger partial charge in [0.15, 0.2) is 6.29 Å². The minimum atomic E-state index is -0.198. The van der Waals surface area contributed by atoms with Gasteiger partial charge >= 0.3 is 0 Å². The largest absolute Gasteiger partial charge is 0.460 e. The molecule has 0 N–H and O–H groups in total. The van der Waals surface area contributed by atoms with Crippen LogP contribution < -0.4 is 0 Å². The van der Waals surface area contributed by atoms with Gasteiger partial charge in [0.05, 0.1) is 12.7 Å². The van der Waals surface area contributed by atoms with Crippen LogP contribution in [-0.4, -0.2) is 31.6 Å². The highest BCUT2D eigenvalue weighted by Gasteiger charge is 2.43. The first-order valence-electron chi connectivity index (χ1n) is 4.77. The number of rotatable bonds is 2. The molecule has 1 aliphatic carbocycles. The van der Waals surface area contributed by atoms with E-state index in [0.29, 0.717) is 19.5 Å². The fraction of sp³-hybridized carbons (Fsp3) is 0.700. The first-order valence-corrected chi connectivity index (χ1v) is 4.77. The summed E-state index contributed by atoms with van der Waals surface area (Å²) in [5, 5.41) is 0. The highest BCUT2D eigenvalue weighted by Crippen LogP contribution is 2.37. The summed E-state index contributed by atoms with van der Waals surface area (Å²) in [6.45, 7) is 6.87.